The molecule has 0 radical (unpaired) electrons. The van der Waals surface area contributed by atoms with E-state index in [0.717, 1.165) is 29.5 Å². The quantitative estimate of drug-likeness (QED) is 0.273. The lowest BCUT2D eigenvalue weighted by atomic mass is 9.87. The van der Waals surface area contributed by atoms with E-state index in [1.807, 2.05) is 17.0 Å². The number of hydrogen-bond acceptors (Lipinski definition) is 6. The average Bonchev–Trinajstić information content (AvgIpc) is 3.74. The van der Waals surface area contributed by atoms with Crippen LogP contribution in [0.4, 0.5) is 4.79 Å². The van der Waals surface area contributed by atoms with E-state index in [4.69, 9.17) is 37.4 Å². The third kappa shape index (κ3) is 7.29. The van der Waals surface area contributed by atoms with Crippen LogP contribution in [0, 0.1) is 0 Å². The minimum absolute atomic E-state index is 0.000860. The van der Waals surface area contributed by atoms with E-state index in [0.29, 0.717) is 28.6 Å². The molecule has 1 atom stereocenters. The van der Waals surface area contributed by atoms with Crippen molar-refractivity contribution in [3.63, 3.8) is 0 Å². The van der Waals surface area contributed by atoms with Crippen LogP contribution in [0.15, 0.2) is 48.0 Å². The highest BCUT2D eigenvalue weighted by molar-refractivity contribution is 6.42. The van der Waals surface area contributed by atoms with Gasteiger partial charge in [0.2, 0.25) is 0 Å². The summed E-state index contributed by atoms with van der Waals surface area (Å²) in [6.45, 7) is 6.04. The van der Waals surface area contributed by atoms with Crippen LogP contribution >= 0.6 is 23.2 Å². The Balaban J connectivity index is 1.81. The first-order chi connectivity index (χ1) is 19.0. The van der Waals surface area contributed by atoms with E-state index >= 15 is 0 Å². The molecule has 0 bridgehead atoms. The summed E-state index contributed by atoms with van der Waals surface area (Å²) >= 11 is 12.8. The van der Waals surface area contributed by atoms with E-state index in [-0.39, 0.29) is 37.6 Å². The number of carbonyl (C=O) groups excluding carboxylic acids is 2. The first-order valence-corrected chi connectivity index (χ1v) is 14.1. The highest BCUT2D eigenvalue weighted by Gasteiger charge is 2.43. The minimum Gasteiger partial charge on any atom is -0.508 e. The molecule has 2 amide bonds. The van der Waals surface area contributed by atoms with E-state index in [2.05, 4.69) is 0 Å². The number of nitrogens with zero attached hydrogens (tertiary/aromatic N) is 2. The van der Waals surface area contributed by atoms with Crippen LogP contribution in [0.2, 0.25) is 10.0 Å². The number of phenolic OH excluding ortho intramolecular Hbond substituents is 1. The Labute approximate surface area is 245 Å². The Morgan fingerprint density at radius 2 is 1.80 bits per heavy atom. The summed E-state index contributed by atoms with van der Waals surface area (Å²) in [5.74, 6) is -0.0838. The molecule has 216 valence electrons. The van der Waals surface area contributed by atoms with Crippen molar-refractivity contribution in [2.45, 2.75) is 64.3 Å². The van der Waals surface area contributed by atoms with Gasteiger partial charge in [-0.1, -0.05) is 47.5 Å². The average molecular weight is 592 g/mol. The maximum Gasteiger partial charge on any atom is 0.410 e. The van der Waals surface area contributed by atoms with Gasteiger partial charge in [0, 0.05) is 31.8 Å². The van der Waals surface area contributed by atoms with Crippen molar-refractivity contribution in [3.05, 3.63) is 69.2 Å². The lowest BCUT2D eigenvalue weighted by Gasteiger charge is -2.40. The summed E-state index contributed by atoms with van der Waals surface area (Å²) in [6, 6.07) is 11.4. The number of hydrogen-bond donors (Lipinski definition) is 1. The van der Waals surface area contributed by atoms with Crippen LogP contribution < -0.4 is 0 Å². The van der Waals surface area contributed by atoms with Crippen molar-refractivity contribution >= 4 is 40.8 Å². The van der Waals surface area contributed by atoms with Gasteiger partial charge in [0.05, 0.1) is 22.7 Å². The third-order valence-corrected chi connectivity index (χ3v) is 7.67. The zero-order valence-corrected chi connectivity index (χ0v) is 24.8. The van der Waals surface area contributed by atoms with E-state index in [1.165, 1.54) is 7.11 Å². The van der Waals surface area contributed by atoms with Gasteiger partial charge >= 0.3 is 6.09 Å². The smallest absolute Gasteiger partial charge is 0.410 e. The highest BCUT2D eigenvalue weighted by atomic mass is 35.5. The second-order valence-electron chi connectivity index (χ2n) is 11.0. The van der Waals surface area contributed by atoms with Crippen molar-refractivity contribution in [2.24, 2.45) is 0 Å². The van der Waals surface area contributed by atoms with Gasteiger partial charge in [-0.05, 0) is 74.9 Å². The standard InChI is InChI=1S/C30H36Cl2N2O6/c1-30(2,3)40-29(37)33-15-14-23(19-8-12-22(35)13-9-19)26(25(33)17-39-18-38-4)28(36)34(21-10-11-21)16-20-6-5-7-24(31)27(20)32/h5-9,12-13,21,25,35H,10-11,14-18H2,1-4H3. The predicted octanol–water partition coefficient (Wildman–Crippen LogP) is 6.27. The number of benzene rings is 2. The SMILES string of the molecule is COCOCC1C(C(=O)N(Cc2cccc(Cl)c2Cl)C2CC2)=C(c2ccc(O)cc2)CCN1C(=O)OC(C)(C)C. The van der Waals surface area contributed by atoms with Crippen molar-refractivity contribution < 1.29 is 28.9 Å². The predicted molar refractivity (Wildman–Crippen MR) is 154 cm³/mol. The Hall–Kier alpha value is -2.78. The topological polar surface area (TPSA) is 88.5 Å². The summed E-state index contributed by atoms with van der Waals surface area (Å²) in [7, 11) is 1.51. The fourth-order valence-electron chi connectivity index (χ4n) is 4.83. The van der Waals surface area contributed by atoms with Crippen LogP contribution in [0.1, 0.15) is 51.2 Å². The van der Waals surface area contributed by atoms with Crippen molar-refractivity contribution in [1.29, 1.82) is 0 Å². The van der Waals surface area contributed by atoms with E-state index in [1.54, 1.807) is 56.0 Å². The van der Waals surface area contributed by atoms with Crippen LogP contribution in [-0.4, -0.2) is 71.6 Å². The van der Waals surface area contributed by atoms with Crippen molar-refractivity contribution in [1.82, 2.24) is 9.80 Å². The molecule has 0 saturated heterocycles. The molecule has 10 heteroatoms. The van der Waals surface area contributed by atoms with Gasteiger partial charge in [0.15, 0.2) is 0 Å². The van der Waals surface area contributed by atoms with Crippen LogP contribution in [0.3, 0.4) is 0 Å². The summed E-state index contributed by atoms with van der Waals surface area (Å²) in [5, 5.41) is 10.7. The molecule has 1 heterocycles. The summed E-state index contributed by atoms with van der Waals surface area (Å²) in [6.07, 6.45) is 1.63. The molecule has 0 aromatic heterocycles. The lowest BCUT2D eigenvalue weighted by Crippen LogP contribution is -2.52. The molecule has 1 unspecified atom stereocenters. The molecule has 4 rings (SSSR count). The molecule has 8 nitrogen and oxygen atoms in total. The maximum absolute atomic E-state index is 14.6. The first-order valence-electron chi connectivity index (χ1n) is 13.3. The molecule has 40 heavy (non-hydrogen) atoms. The normalized spacial score (nSPS) is 17.6. The third-order valence-electron chi connectivity index (χ3n) is 6.81. The lowest BCUT2D eigenvalue weighted by molar-refractivity contribution is -0.129. The van der Waals surface area contributed by atoms with Gasteiger partial charge in [-0.3, -0.25) is 9.69 Å². The van der Waals surface area contributed by atoms with Crippen molar-refractivity contribution in [2.75, 3.05) is 27.1 Å². The second-order valence-corrected chi connectivity index (χ2v) is 11.8. The second kappa shape index (κ2) is 12.8. The Morgan fingerprint density at radius 1 is 1.10 bits per heavy atom. The van der Waals surface area contributed by atoms with Gasteiger partial charge in [0.1, 0.15) is 18.1 Å². The molecule has 1 aliphatic carbocycles. The van der Waals surface area contributed by atoms with Gasteiger partial charge in [-0.25, -0.2) is 4.79 Å². The number of amides is 2. The maximum atomic E-state index is 14.6. The highest BCUT2D eigenvalue weighted by Crippen LogP contribution is 2.38. The molecule has 1 aliphatic heterocycles. The minimum atomic E-state index is -0.730. The van der Waals surface area contributed by atoms with Crippen molar-refractivity contribution in [3.8, 4) is 5.75 Å². The largest absolute Gasteiger partial charge is 0.508 e. The van der Waals surface area contributed by atoms with Crippen LogP contribution in [-0.2, 0) is 25.5 Å². The van der Waals surface area contributed by atoms with Gasteiger partial charge < -0.3 is 24.2 Å². The number of ether oxygens (including phenoxy) is 3. The number of phenols is 1. The molecular weight excluding hydrogens is 555 g/mol. The number of methoxy groups -OCH3 is 1. The van der Waals surface area contributed by atoms with Crippen LogP contribution in [0.5, 0.6) is 5.75 Å². The molecule has 2 aliphatic rings. The summed E-state index contributed by atoms with van der Waals surface area (Å²) in [5.41, 5.74) is 2.05. The van der Waals surface area contributed by atoms with E-state index in [9.17, 15) is 14.7 Å². The Morgan fingerprint density at radius 3 is 2.42 bits per heavy atom. The van der Waals surface area contributed by atoms with Crippen LogP contribution in [0.25, 0.3) is 5.57 Å². The first kappa shape index (κ1) is 30.2. The summed E-state index contributed by atoms with van der Waals surface area (Å²) < 4.78 is 16.6. The van der Waals surface area contributed by atoms with Gasteiger partial charge in [0.25, 0.3) is 5.91 Å². The molecule has 1 fully saturated rings. The Bertz CT molecular complexity index is 1250. The van der Waals surface area contributed by atoms with Gasteiger partial charge in [-0.15, -0.1) is 0 Å². The van der Waals surface area contributed by atoms with Gasteiger partial charge in [-0.2, -0.15) is 0 Å². The number of halogens is 2. The zero-order chi connectivity index (χ0) is 29.0. The molecule has 1 saturated carbocycles. The fraction of sp³-hybridized carbons (Fsp3) is 0.467. The molecule has 2 aromatic rings. The monoisotopic (exact) mass is 590 g/mol. The number of aromatic hydroxyl groups is 1. The zero-order valence-electron chi connectivity index (χ0n) is 23.3. The number of rotatable bonds is 9. The molecule has 0 spiro atoms. The summed E-state index contributed by atoms with van der Waals surface area (Å²) in [4.78, 5) is 31.4. The number of carbonyl (C=O) groups is 2. The fourth-order valence-corrected chi connectivity index (χ4v) is 5.21. The Kier molecular flexibility index (Phi) is 9.67. The molecule has 2 aromatic carbocycles. The molecule has 1 N–H and O–H groups in total. The van der Waals surface area contributed by atoms with E-state index < -0.39 is 17.7 Å². The molecular formula is C30H36Cl2N2O6.